The zero-order chi connectivity index (χ0) is 18.0. The Hall–Kier alpha value is -2.24. The number of aryl methyl sites for hydroxylation is 2. The van der Waals surface area contributed by atoms with E-state index in [1.165, 1.54) is 17.0 Å². The molecule has 0 spiro atoms. The smallest absolute Gasteiger partial charge is 0.124 e. The van der Waals surface area contributed by atoms with E-state index in [1.54, 1.807) is 17.5 Å². The molecule has 1 N–H and O–H groups in total. The van der Waals surface area contributed by atoms with Gasteiger partial charge in [0.1, 0.15) is 12.4 Å². The van der Waals surface area contributed by atoms with E-state index in [9.17, 15) is 0 Å². The summed E-state index contributed by atoms with van der Waals surface area (Å²) in [6, 6.07) is 12.2. The standard InChI is InChI=1S/C21H25N3OS/c1-17-16-26-21(24-17)10-4-5-11-23-14-19-8-2-3-9-20(19)25-15-18-7-6-12-22-13-18/h2-3,6-9,12-13,16,23H,4-5,10-11,14-15H2,1H3. The zero-order valence-corrected chi connectivity index (χ0v) is 16.0. The number of benzene rings is 1. The maximum atomic E-state index is 5.97. The fourth-order valence-electron chi connectivity index (χ4n) is 2.70. The second kappa shape index (κ2) is 10.0. The molecule has 0 atom stereocenters. The maximum Gasteiger partial charge on any atom is 0.124 e. The van der Waals surface area contributed by atoms with Gasteiger partial charge >= 0.3 is 0 Å². The van der Waals surface area contributed by atoms with Crippen LogP contribution in [0.2, 0.25) is 0 Å². The molecule has 0 aliphatic carbocycles. The van der Waals surface area contributed by atoms with Crippen LogP contribution in [0.1, 0.15) is 34.7 Å². The van der Waals surface area contributed by atoms with E-state index in [-0.39, 0.29) is 0 Å². The second-order valence-electron chi connectivity index (χ2n) is 6.27. The molecule has 5 heteroatoms. The molecule has 136 valence electrons. The lowest BCUT2D eigenvalue weighted by molar-refractivity contribution is 0.301. The molecular weight excluding hydrogens is 342 g/mol. The predicted molar refractivity (Wildman–Crippen MR) is 107 cm³/mol. The zero-order valence-electron chi connectivity index (χ0n) is 15.1. The summed E-state index contributed by atoms with van der Waals surface area (Å²) in [5.74, 6) is 0.933. The Bertz CT molecular complexity index is 789. The number of para-hydroxylation sites is 1. The molecule has 4 nitrogen and oxygen atoms in total. The third-order valence-electron chi connectivity index (χ3n) is 4.07. The monoisotopic (exact) mass is 367 g/mol. The quantitative estimate of drug-likeness (QED) is 0.535. The van der Waals surface area contributed by atoms with Gasteiger partial charge in [-0.25, -0.2) is 4.98 Å². The molecule has 0 fully saturated rings. The number of thiazole rings is 1. The van der Waals surface area contributed by atoms with Crippen LogP contribution >= 0.6 is 11.3 Å². The fourth-order valence-corrected chi connectivity index (χ4v) is 3.52. The van der Waals surface area contributed by atoms with E-state index in [2.05, 4.69) is 39.7 Å². The van der Waals surface area contributed by atoms with Crippen molar-refractivity contribution in [3.05, 3.63) is 76.0 Å². The van der Waals surface area contributed by atoms with Gasteiger partial charge in [0.2, 0.25) is 0 Å². The maximum absolute atomic E-state index is 5.97. The highest BCUT2D eigenvalue weighted by Gasteiger charge is 2.04. The normalized spacial score (nSPS) is 10.8. The number of aromatic nitrogens is 2. The lowest BCUT2D eigenvalue weighted by Gasteiger charge is -2.12. The second-order valence-corrected chi connectivity index (χ2v) is 7.22. The molecule has 3 rings (SSSR count). The molecule has 1 aromatic carbocycles. The minimum absolute atomic E-state index is 0.540. The van der Waals surface area contributed by atoms with Crippen molar-refractivity contribution in [2.75, 3.05) is 6.54 Å². The van der Waals surface area contributed by atoms with Crippen LogP contribution in [0.5, 0.6) is 5.75 Å². The number of hydrogen-bond donors (Lipinski definition) is 1. The molecule has 0 aliphatic heterocycles. The van der Waals surface area contributed by atoms with E-state index in [0.717, 1.165) is 42.9 Å². The highest BCUT2D eigenvalue weighted by molar-refractivity contribution is 7.09. The topological polar surface area (TPSA) is 47.0 Å². The van der Waals surface area contributed by atoms with E-state index < -0.39 is 0 Å². The van der Waals surface area contributed by atoms with Gasteiger partial charge < -0.3 is 10.1 Å². The summed E-state index contributed by atoms with van der Waals surface area (Å²) in [5, 5.41) is 6.89. The van der Waals surface area contributed by atoms with Gasteiger partial charge in [-0.05, 0) is 44.9 Å². The summed E-state index contributed by atoms with van der Waals surface area (Å²) < 4.78 is 5.97. The van der Waals surface area contributed by atoms with Crippen molar-refractivity contribution < 1.29 is 4.74 Å². The Morgan fingerprint density at radius 1 is 1.12 bits per heavy atom. The first-order chi connectivity index (χ1) is 12.8. The van der Waals surface area contributed by atoms with Gasteiger partial charge in [0.25, 0.3) is 0 Å². The van der Waals surface area contributed by atoms with Crippen LogP contribution in [0.3, 0.4) is 0 Å². The van der Waals surface area contributed by atoms with Crippen molar-refractivity contribution in [3.63, 3.8) is 0 Å². The van der Waals surface area contributed by atoms with Gasteiger partial charge in [-0.3, -0.25) is 4.98 Å². The molecule has 2 heterocycles. The first-order valence-corrected chi connectivity index (χ1v) is 9.90. The number of unbranched alkanes of at least 4 members (excludes halogenated alkanes) is 1. The van der Waals surface area contributed by atoms with Crippen molar-refractivity contribution in [2.24, 2.45) is 0 Å². The van der Waals surface area contributed by atoms with E-state index in [1.807, 2.05) is 30.5 Å². The summed E-state index contributed by atoms with van der Waals surface area (Å²) in [6.45, 7) is 4.41. The molecule has 0 radical (unpaired) electrons. The Kier molecular flexibility index (Phi) is 7.16. The van der Waals surface area contributed by atoms with Crippen LogP contribution in [-0.2, 0) is 19.6 Å². The predicted octanol–water partition coefficient (Wildman–Crippen LogP) is 4.54. The Labute approximate surface area is 159 Å². The Morgan fingerprint density at radius 2 is 2.04 bits per heavy atom. The first-order valence-electron chi connectivity index (χ1n) is 9.02. The van der Waals surface area contributed by atoms with E-state index in [0.29, 0.717) is 6.61 Å². The number of nitrogens with one attached hydrogen (secondary N) is 1. The minimum atomic E-state index is 0.540. The summed E-state index contributed by atoms with van der Waals surface area (Å²) >= 11 is 1.76. The third-order valence-corrected chi connectivity index (χ3v) is 5.09. The molecule has 0 saturated carbocycles. The van der Waals surface area contributed by atoms with Gasteiger partial charge in [-0.15, -0.1) is 11.3 Å². The summed E-state index contributed by atoms with van der Waals surface area (Å²) in [6.07, 6.45) is 7.00. The molecular formula is C21H25N3OS. The lowest BCUT2D eigenvalue weighted by Crippen LogP contribution is -2.15. The van der Waals surface area contributed by atoms with Crippen LogP contribution in [0.4, 0.5) is 0 Å². The van der Waals surface area contributed by atoms with Crippen LogP contribution in [0, 0.1) is 6.92 Å². The van der Waals surface area contributed by atoms with Gasteiger partial charge in [0, 0.05) is 41.1 Å². The summed E-state index contributed by atoms with van der Waals surface area (Å²) in [4.78, 5) is 8.63. The van der Waals surface area contributed by atoms with Gasteiger partial charge in [0.05, 0.1) is 5.01 Å². The van der Waals surface area contributed by atoms with Gasteiger partial charge in [0.15, 0.2) is 0 Å². The average Bonchev–Trinajstić information content (AvgIpc) is 3.09. The van der Waals surface area contributed by atoms with Crippen LogP contribution in [0.25, 0.3) is 0 Å². The first kappa shape index (κ1) is 18.5. The average molecular weight is 368 g/mol. The van der Waals surface area contributed by atoms with Crippen molar-refractivity contribution in [3.8, 4) is 5.75 Å². The molecule has 26 heavy (non-hydrogen) atoms. The highest BCUT2D eigenvalue weighted by Crippen LogP contribution is 2.19. The molecule has 0 amide bonds. The Morgan fingerprint density at radius 3 is 2.85 bits per heavy atom. The van der Waals surface area contributed by atoms with Crippen LogP contribution in [0.15, 0.2) is 54.2 Å². The number of rotatable bonds is 10. The molecule has 0 saturated heterocycles. The highest BCUT2D eigenvalue weighted by atomic mass is 32.1. The summed E-state index contributed by atoms with van der Waals surface area (Å²) in [5.41, 5.74) is 3.39. The van der Waals surface area contributed by atoms with Gasteiger partial charge in [-0.2, -0.15) is 0 Å². The van der Waals surface area contributed by atoms with Crippen LogP contribution in [-0.4, -0.2) is 16.5 Å². The number of hydrogen-bond acceptors (Lipinski definition) is 5. The van der Waals surface area contributed by atoms with E-state index >= 15 is 0 Å². The third kappa shape index (κ3) is 5.93. The summed E-state index contributed by atoms with van der Waals surface area (Å²) in [7, 11) is 0. The molecule has 0 unspecified atom stereocenters. The fraction of sp³-hybridized carbons (Fsp3) is 0.333. The number of pyridine rings is 1. The van der Waals surface area contributed by atoms with Crippen molar-refractivity contribution >= 4 is 11.3 Å². The Balaban J connectivity index is 1.39. The van der Waals surface area contributed by atoms with Crippen molar-refractivity contribution in [2.45, 2.75) is 39.3 Å². The molecule has 0 bridgehead atoms. The largest absolute Gasteiger partial charge is 0.489 e. The van der Waals surface area contributed by atoms with Crippen LogP contribution < -0.4 is 10.1 Å². The SMILES string of the molecule is Cc1csc(CCCCNCc2ccccc2OCc2cccnc2)n1. The molecule has 0 aliphatic rings. The lowest BCUT2D eigenvalue weighted by atomic mass is 10.2. The molecule has 3 aromatic rings. The van der Waals surface area contributed by atoms with Gasteiger partial charge in [-0.1, -0.05) is 24.3 Å². The number of ether oxygens (including phenoxy) is 1. The van der Waals surface area contributed by atoms with Crippen molar-refractivity contribution in [1.29, 1.82) is 0 Å². The van der Waals surface area contributed by atoms with E-state index in [4.69, 9.17) is 4.74 Å². The number of nitrogens with zero attached hydrogens (tertiary/aromatic N) is 2. The van der Waals surface area contributed by atoms with Crippen molar-refractivity contribution in [1.82, 2.24) is 15.3 Å². The molecule has 2 aromatic heterocycles. The minimum Gasteiger partial charge on any atom is -0.489 e.